The molecule has 0 aliphatic carbocycles. The number of nitrogens with zero attached hydrogens (tertiary/aromatic N) is 2. The number of para-hydroxylation sites is 1. The van der Waals surface area contributed by atoms with E-state index in [0.717, 1.165) is 16.9 Å². The summed E-state index contributed by atoms with van der Waals surface area (Å²) in [5.41, 5.74) is 2.24. The molecule has 8 nitrogen and oxygen atoms in total. The summed E-state index contributed by atoms with van der Waals surface area (Å²) in [6, 6.07) is 14.6. The molecule has 0 saturated carbocycles. The Morgan fingerprint density at radius 1 is 1.03 bits per heavy atom. The number of benzene rings is 2. The van der Waals surface area contributed by atoms with E-state index in [-0.39, 0.29) is 29.8 Å². The number of fused-ring (bicyclic) bond motifs is 2. The maximum absolute atomic E-state index is 13.9. The van der Waals surface area contributed by atoms with Crippen molar-refractivity contribution in [3.05, 3.63) is 74.2 Å². The van der Waals surface area contributed by atoms with Crippen LogP contribution in [0.15, 0.2) is 58.4 Å². The highest BCUT2D eigenvalue weighted by atomic mass is 32.2. The van der Waals surface area contributed by atoms with E-state index in [0.29, 0.717) is 26.9 Å². The lowest BCUT2D eigenvalue weighted by molar-refractivity contribution is -0.144. The summed E-state index contributed by atoms with van der Waals surface area (Å²) >= 11 is 2.16. The fraction of sp³-hybridized carbons (Fsp3) is 0.308. The van der Waals surface area contributed by atoms with Crippen molar-refractivity contribution < 1.29 is 23.9 Å². The number of aryl methyl sites for hydroxylation is 1. The van der Waals surface area contributed by atoms with Gasteiger partial charge in [0.25, 0.3) is 0 Å². The molecule has 10 heteroatoms. The molecule has 0 N–H and O–H groups in total. The Labute approximate surface area is 215 Å². The Hall–Kier alpha value is -3.37. The number of aromatic nitrogens is 1. The minimum absolute atomic E-state index is 0.195. The van der Waals surface area contributed by atoms with Crippen LogP contribution in [0.4, 0.5) is 5.69 Å². The van der Waals surface area contributed by atoms with E-state index in [2.05, 4.69) is 0 Å². The largest absolute Gasteiger partial charge is 0.496 e. The second-order valence-corrected chi connectivity index (χ2v) is 10.7. The van der Waals surface area contributed by atoms with Gasteiger partial charge in [-0.15, -0.1) is 0 Å². The number of hydrogen-bond donors (Lipinski definition) is 0. The zero-order chi connectivity index (χ0) is 25.6. The molecule has 2 aliphatic heterocycles. The normalized spacial score (nSPS) is 20.8. The van der Waals surface area contributed by atoms with E-state index in [1.807, 2.05) is 37.3 Å². The van der Waals surface area contributed by atoms with Crippen LogP contribution in [0, 0.1) is 12.8 Å². The fourth-order valence-electron chi connectivity index (χ4n) is 4.80. The Bertz CT molecular complexity index is 1410. The Kier molecular flexibility index (Phi) is 6.48. The molecule has 1 fully saturated rings. The van der Waals surface area contributed by atoms with Crippen molar-refractivity contribution in [2.24, 2.45) is 5.92 Å². The van der Waals surface area contributed by atoms with Gasteiger partial charge in [0.1, 0.15) is 17.5 Å². The number of anilines is 1. The molecule has 1 saturated heterocycles. The van der Waals surface area contributed by atoms with E-state index in [9.17, 15) is 19.2 Å². The van der Waals surface area contributed by atoms with Crippen molar-refractivity contribution in [3.8, 4) is 5.75 Å². The molecule has 5 rings (SSSR count). The number of rotatable bonds is 6. The highest BCUT2D eigenvalue weighted by Gasteiger charge is 2.57. The van der Waals surface area contributed by atoms with Crippen molar-refractivity contribution in [1.82, 2.24) is 4.57 Å². The van der Waals surface area contributed by atoms with Gasteiger partial charge in [-0.3, -0.25) is 23.7 Å². The summed E-state index contributed by atoms with van der Waals surface area (Å²) in [4.78, 5) is 54.4. The van der Waals surface area contributed by atoms with Crippen molar-refractivity contribution in [2.45, 2.75) is 36.6 Å². The van der Waals surface area contributed by atoms with Gasteiger partial charge in [0.05, 0.1) is 30.3 Å². The molecule has 2 aromatic carbocycles. The first kappa shape index (κ1) is 24.3. The molecule has 3 heterocycles. The molecule has 2 unspecified atom stereocenters. The van der Waals surface area contributed by atoms with Crippen molar-refractivity contribution in [1.29, 1.82) is 0 Å². The van der Waals surface area contributed by atoms with Crippen LogP contribution in [-0.4, -0.2) is 41.3 Å². The Morgan fingerprint density at radius 3 is 2.44 bits per heavy atom. The van der Waals surface area contributed by atoms with E-state index < -0.39 is 23.1 Å². The molecule has 186 valence electrons. The van der Waals surface area contributed by atoms with Crippen LogP contribution >= 0.6 is 23.1 Å². The van der Waals surface area contributed by atoms with Crippen molar-refractivity contribution in [3.63, 3.8) is 0 Å². The number of esters is 1. The number of thiazole rings is 1. The summed E-state index contributed by atoms with van der Waals surface area (Å²) in [7, 11) is 1.55. The summed E-state index contributed by atoms with van der Waals surface area (Å²) in [5, 5.41) is -0.245. The molecule has 0 bridgehead atoms. The number of imide groups is 1. The second kappa shape index (κ2) is 9.59. The fourth-order valence-corrected chi connectivity index (χ4v) is 7.56. The van der Waals surface area contributed by atoms with Crippen LogP contribution in [0.25, 0.3) is 0 Å². The van der Waals surface area contributed by atoms with E-state index in [4.69, 9.17) is 9.47 Å². The Balaban J connectivity index is 1.67. The van der Waals surface area contributed by atoms with Gasteiger partial charge in [-0.1, -0.05) is 59.0 Å². The van der Waals surface area contributed by atoms with E-state index >= 15 is 0 Å². The lowest BCUT2D eigenvalue weighted by Gasteiger charge is -2.31. The molecule has 0 radical (unpaired) electrons. The van der Waals surface area contributed by atoms with Crippen LogP contribution in [-0.2, 0) is 25.7 Å². The van der Waals surface area contributed by atoms with Crippen LogP contribution in [0.5, 0.6) is 5.75 Å². The quantitative estimate of drug-likeness (QED) is 0.359. The number of hydrogen-bond acceptors (Lipinski definition) is 8. The zero-order valence-corrected chi connectivity index (χ0v) is 21.6. The molecule has 3 atom stereocenters. The number of methoxy groups -OCH3 is 1. The first-order chi connectivity index (χ1) is 17.3. The average molecular weight is 525 g/mol. The number of thioether (sulfide) groups is 1. The molecule has 3 aromatic rings. The van der Waals surface area contributed by atoms with Gasteiger partial charge in [0, 0.05) is 16.4 Å². The van der Waals surface area contributed by atoms with Gasteiger partial charge in [-0.05, 0) is 32.0 Å². The van der Waals surface area contributed by atoms with Crippen LogP contribution < -0.4 is 14.5 Å². The molecule has 2 amide bonds. The summed E-state index contributed by atoms with van der Waals surface area (Å²) in [5.74, 6) is -1.96. The number of carbonyl (C=O) groups excluding carboxylic acids is 3. The molecule has 0 spiro atoms. The lowest BCUT2D eigenvalue weighted by atomic mass is 9.82. The number of ether oxygens (including phenoxy) is 2. The molecule has 36 heavy (non-hydrogen) atoms. The van der Waals surface area contributed by atoms with E-state index in [1.165, 1.54) is 21.2 Å². The molecule has 2 aliphatic rings. The molecular formula is C26H24N2O6S2. The van der Waals surface area contributed by atoms with Crippen molar-refractivity contribution in [2.75, 3.05) is 18.6 Å². The van der Waals surface area contributed by atoms with Gasteiger partial charge in [-0.2, -0.15) is 0 Å². The predicted octanol–water partition coefficient (Wildman–Crippen LogP) is 3.59. The number of carbonyl (C=O) groups is 3. The van der Waals surface area contributed by atoms with E-state index in [1.54, 1.807) is 32.2 Å². The average Bonchev–Trinajstić information content (AvgIpc) is 3.31. The smallest absolute Gasteiger partial charge is 0.326 e. The van der Waals surface area contributed by atoms with Gasteiger partial charge in [-0.25, -0.2) is 4.90 Å². The number of amides is 2. The van der Waals surface area contributed by atoms with Gasteiger partial charge in [0.2, 0.25) is 11.8 Å². The first-order valence-corrected chi connectivity index (χ1v) is 13.2. The standard InChI is InChI=1S/C26H24N2O6S2/c1-4-34-18(29)13-27-25-22(36-26(27)32)19(16-7-5-6-8-17(16)33-3)20-21(35-25)24(31)28(23(20)30)15-11-9-14(2)10-12-15/h5-12,19-21H,4,13H2,1-3H3/t19-,20?,21?/m1/s1. The van der Waals surface area contributed by atoms with Crippen LogP contribution in [0.2, 0.25) is 0 Å². The first-order valence-electron chi connectivity index (χ1n) is 11.5. The predicted molar refractivity (Wildman–Crippen MR) is 137 cm³/mol. The molecule has 1 aromatic heterocycles. The minimum atomic E-state index is -0.760. The molecular weight excluding hydrogens is 500 g/mol. The monoisotopic (exact) mass is 524 g/mol. The highest BCUT2D eigenvalue weighted by Crippen LogP contribution is 2.55. The topological polar surface area (TPSA) is 94.9 Å². The maximum atomic E-state index is 13.9. The lowest BCUT2D eigenvalue weighted by Crippen LogP contribution is -2.33. The summed E-state index contributed by atoms with van der Waals surface area (Å²) in [6.45, 7) is 3.57. The summed E-state index contributed by atoms with van der Waals surface area (Å²) in [6.07, 6.45) is 0. The van der Waals surface area contributed by atoms with Gasteiger partial charge < -0.3 is 9.47 Å². The summed E-state index contributed by atoms with van der Waals surface area (Å²) < 4.78 is 12.0. The third-order valence-corrected chi connectivity index (χ3v) is 9.01. The minimum Gasteiger partial charge on any atom is -0.496 e. The van der Waals surface area contributed by atoms with Crippen LogP contribution in [0.3, 0.4) is 0 Å². The second-order valence-electron chi connectivity index (χ2n) is 8.56. The third-order valence-electron chi connectivity index (χ3n) is 6.41. The van der Waals surface area contributed by atoms with Crippen molar-refractivity contribution >= 4 is 46.6 Å². The zero-order valence-electron chi connectivity index (χ0n) is 19.9. The van der Waals surface area contributed by atoms with Gasteiger partial charge in [0.15, 0.2) is 0 Å². The maximum Gasteiger partial charge on any atom is 0.326 e. The van der Waals surface area contributed by atoms with Gasteiger partial charge >= 0.3 is 10.8 Å². The third kappa shape index (κ3) is 3.94. The Morgan fingerprint density at radius 2 is 1.75 bits per heavy atom. The highest BCUT2D eigenvalue weighted by molar-refractivity contribution is 8.00. The van der Waals surface area contributed by atoms with Crippen LogP contribution in [0.1, 0.15) is 28.8 Å². The SMILES string of the molecule is CCOC(=O)Cn1c2c(sc1=O)[C@H](c1ccccc1OC)C1C(=O)N(c3ccc(C)cc3)C(=O)C1S2.